The van der Waals surface area contributed by atoms with Crippen LogP contribution in [0.4, 0.5) is 11.4 Å². The standard InChI is InChI=1S/C99H113N7O6S3/c1-6-11-16-21-26-33-64-106-83-40-31-32-45-90(83)114-91-61-47-70(69-84(91)106)46-50-72-75-53-57-79(100-75)93(95-85(109-65-34-27-22-17-12-7-2)41-38-42-86(95)110-66-35-28-23-18-13-8-3)81-59-55-77(102-81)73(51-48-71-49-52-74(98-97(71)104-115-105-98)89-62-63-92(113-89)99(107)108)78-56-60-82(103-78)94(80-58-54-76(72)101-80)96-87(111-67-36-29-24-19-14-9-4)43-39-44-88(96)112-68-37-30-25-20-15-10-5/h31-32,38-45,47,49,52-63,69,100,103H,6-30,33-37,64-68H2,1-5H3,(H,107,108). The minimum Gasteiger partial charge on any atom is -0.493 e. The lowest BCUT2D eigenvalue weighted by Crippen LogP contribution is -2.22. The lowest BCUT2D eigenvalue weighted by atomic mass is 10.0. The minimum absolute atomic E-state index is 0.249. The van der Waals surface area contributed by atoms with Gasteiger partial charge in [0.15, 0.2) is 0 Å². The number of thiophene rings is 1. The number of hydrogen-bond acceptors (Lipinski definition) is 13. The largest absolute Gasteiger partial charge is 0.493 e. The predicted molar refractivity (Wildman–Crippen MR) is 482 cm³/mol. The van der Waals surface area contributed by atoms with E-state index in [1.165, 1.54) is 142 Å². The molecule has 3 aliphatic heterocycles. The van der Waals surface area contributed by atoms with Gasteiger partial charge in [-0.2, -0.15) is 8.75 Å². The zero-order valence-electron chi connectivity index (χ0n) is 68.1. The first kappa shape index (κ1) is 83.1. The summed E-state index contributed by atoms with van der Waals surface area (Å²) in [5.74, 6) is 16.8. The van der Waals surface area contributed by atoms with Gasteiger partial charge in [-0.25, -0.2) is 14.8 Å². The van der Waals surface area contributed by atoms with Crippen molar-refractivity contribution in [3.8, 4) is 79.4 Å². The Kier molecular flexibility index (Phi) is 31.2. The molecule has 13 nitrogen and oxygen atoms in total. The normalized spacial score (nSPS) is 12.0. The number of aromatic amines is 2. The fourth-order valence-electron chi connectivity index (χ4n) is 15.5. The molecule has 0 spiro atoms. The van der Waals surface area contributed by atoms with Crippen LogP contribution in [0.15, 0.2) is 137 Å². The Morgan fingerprint density at radius 3 is 1.35 bits per heavy atom. The molecule has 10 aromatic rings. The zero-order chi connectivity index (χ0) is 79.3. The highest BCUT2D eigenvalue weighted by Gasteiger charge is 2.27. The Morgan fingerprint density at radius 1 is 0.409 bits per heavy atom. The maximum Gasteiger partial charge on any atom is 0.345 e. The number of anilines is 2. The second-order valence-electron chi connectivity index (χ2n) is 30.5. The SMILES string of the molecule is CCCCCCCCOc1cccc(OCCCCCCCC)c1-c1c2nc(c(C#Cc3ccc(-c4ccc(C(=O)O)s4)c4nsnc34)c3ccc([nH]3)c(-c3c(OCCCCCCCC)cccc3OCCCCCCCC)c3nc(c(C#Cc4ccc5c(c4)N(CCCCCCCC)c4ccccc4S5)c4ccc1[nH]4)C=C3)C=C2. The number of benzene rings is 5. The van der Waals surface area contributed by atoms with E-state index in [0.29, 0.717) is 94.4 Å². The molecule has 5 aromatic carbocycles. The van der Waals surface area contributed by atoms with E-state index in [9.17, 15) is 9.90 Å². The van der Waals surface area contributed by atoms with E-state index in [2.05, 4.69) is 201 Å². The second kappa shape index (κ2) is 43.2. The third kappa shape index (κ3) is 21.6. The van der Waals surface area contributed by atoms with Crippen LogP contribution in [-0.4, -0.2) is 72.7 Å². The third-order valence-electron chi connectivity index (χ3n) is 21.8. The highest BCUT2D eigenvalue weighted by Crippen LogP contribution is 2.50. The molecule has 0 atom stereocenters. The Labute approximate surface area is 694 Å². The molecule has 0 saturated carbocycles. The van der Waals surface area contributed by atoms with Crippen LogP contribution in [0.25, 0.3) is 90.1 Å². The van der Waals surface area contributed by atoms with Gasteiger partial charge in [-0.05, 0) is 160 Å². The molecule has 0 radical (unpaired) electrons. The molecule has 0 saturated heterocycles. The number of rotatable bonds is 43. The molecule has 13 rings (SSSR count). The number of aromatic carboxylic acids is 1. The van der Waals surface area contributed by atoms with Crippen LogP contribution >= 0.6 is 34.8 Å². The van der Waals surface area contributed by atoms with Crippen molar-refractivity contribution in [1.29, 1.82) is 0 Å². The first-order valence-corrected chi connectivity index (χ1v) is 45.4. The zero-order valence-corrected chi connectivity index (χ0v) is 70.6. The number of nitrogens with one attached hydrogen (secondary N) is 2. The quantitative estimate of drug-likeness (QED) is 0.0245. The summed E-state index contributed by atoms with van der Waals surface area (Å²) in [7, 11) is 0. The molecule has 8 heterocycles. The lowest BCUT2D eigenvalue weighted by Gasteiger charge is -2.33. The van der Waals surface area contributed by atoms with E-state index in [-0.39, 0.29) is 4.88 Å². The van der Waals surface area contributed by atoms with E-state index in [4.69, 9.17) is 37.7 Å². The highest BCUT2D eigenvalue weighted by atomic mass is 32.2. The average Bonchev–Trinajstić information content (AvgIpc) is 1.76. The molecule has 3 aliphatic rings. The van der Waals surface area contributed by atoms with Crippen LogP contribution in [0.3, 0.4) is 0 Å². The molecule has 598 valence electrons. The monoisotopic (exact) mass is 1590 g/mol. The van der Waals surface area contributed by atoms with Crippen LogP contribution < -0.4 is 23.8 Å². The number of nitrogens with zero attached hydrogens (tertiary/aromatic N) is 5. The summed E-state index contributed by atoms with van der Waals surface area (Å²) in [5.41, 5.74) is 16.4. The number of H-pyrrole nitrogens is 2. The number of ether oxygens (including phenoxy) is 4. The van der Waals surface area contributed by atoms with Gasteiger partial charge in [0.05, 0.1) is 111 Å². The fraction of sp³-hybridized carbons (Fsp3) is 0.404. The summed E-state index contributed by atoms with van der Waals surface area (Å²) in [5, 5.41) is 9.95. The highest BCUT2D eigenvalue weighted by molar-refractivity contribution is 7.99. The molecule has 0 fully saturated rings. The van der Waals surface area contributed by atoms with Crippen molar-refractivity contribution in [1.82, 2.24) is 28.7 Å². The van der Waals surface area contributed by atoms with E-state index in [1.807, 2.05) is 30.0 Å². The Bertz CT molecular complexity index is 5150. The molecule has 115 heavy (non-hydrogen) atoms. The minimum atomic E-state index is -0.972. The first-order valence-electron chi connectivity index (χ1n) is 43.0. The molecule has 0 amide bonds. The van der Waals surface area contributed by atoms with Gasteiger partial charge >= 0.3 is 5.97 Å². The number of para-hydroxylation sites is 1. The van der Waals surface area contributed by atoms with Crippen LogP contribution in [0.5, 0.6) is 23.0 Å². The smallest absolute Gasteiger partial charge is 0.345 e. The van der Waals surface area contributed by atoms with Gasteiger partial charge in [0.2, 0.25) is 0 Å². The second-order valence-corrected chi connectivity index (χ2v) is 33.2. The number of carboxylic acids is 1. The topological polar surface area (TPSA) is 161 Å². The van der Waals surface area contributed by atoms with E-state index >= 15 is 0 Å². The molecule has 0 aliphatic carbocycles. The average molecular weight is 1590 g/mol. The van der Waals surface area contributed by atoms with Crippen molar-refractivity contribution in [2.24, 2.45) is 0 Å². The van der Waals surface area contributed by atoms with Crippen LogP contribution in [0.1, 0.15) is 282 Å². The number of unbranched alkanes of at least 4 members (excludes halogenated alkanes) is 25. The van der Waals surface area contributed by atoms with Gasteiger partial charge in [-0.3, -0.25) is 0 Å². The number of fused-ring (bicyclic) bond motifs is 11. The number of hydrogen-bond donors (Lipinski definition) is 3. The number of aromatic nitrogens is 6. The van der Waals surface area contributed by atoms with Crippen molar-refractivity contribution in [2.75, 3.05) is 37.9 Å². The van der Waals surface area contributed by atoms with Crippen LogP contribution in [0.2, 0.25) is 0 Å². The summed E-state index contributed by atoms with van der Waals surface area (Å²) in [6, 6.07) is 43.9. The summed E-state index contributed by atoms with van der Waals surface area (Å²) in [4.78, 5) is 37.8. The van der Waals surface area contributed by atoms with E-state index < -0.39 is 5.97 Å². The summed E-state index contributed by atoms with van der Waals surface area (Å²) in [6.07, 6.45) is 42.8. The van der Waals surface area contributed by atoms with Crippen molar-refractivity contribution >= 4 is 110 Å². The van der Waals surface area contributed by atoms with Gasteiger partial charge in [0, 0.05) is 54.5 Å². The molecular weight excluding hydrogens is 1480 g/mol. The van der Waals surface area contributed by atoms with E-state index in [0.717, 1.165) is 168 Å². The maximum atomic E-state index is 12.1. The summed E-state index contributed by atoms with van der Waals surface area (Å²) in [6.45, 7) is 14.4. The van der Waals surface area contributed by atoms with Crippen LogP contribution in [0, 0.1) is 23.7 Å². The molecular formula is C99H113N7O6S3. The summed E-state index contributed by atoms with van der Waals surface area (Å²) >= 11 is 4.15. The first-order chi connectivity index (χ1) is 56.7. The molecule has 5 aromatic heterocycles. The molecule has 8 bridgehead atoms. The lowest BCUT2D eigenvalue weighted by molar-refractivity contribution is 0.0702. The Hall–Kier alpha value is -9.84. The Morgan fingerprint density at radius 2 is 0.852 bits per heavy atom. The number of carboxylic acid groups (broad SMARTS) is 1. The van der Waals surface area contributed by atoms with Gasteiger partial charge in [0.1, 0.15) is 38.9 Å². The Balaban J connectivity index is 1.06. The third-order valence-corrected chi connectivity index (χ3v) is 24.5. The van der Waals surface area contributed by atoms with Crippen LogP contribution in [-0.2, 0) is 0 Å². The van der Waals surface area contributed by atoms with Crippen molar-refractivity contribution in [3.05, 3.63) is 177 Å². The van der Waals surface area contributed by atoms with Crippen molar-refractivity contribution in [2.45, 2.75) is 237 Å². The number of carbonyl (C=O) groups is 1. The molecule has 3 N–H and O–H groups in total. The van der Waals surface area contributed by atoms with E-state index in [1.54, 1.807) is 6.07 Å². The molecule has 0 unspecified atom stereocenters. The van der Waals surface area contributed by atoms with Crippen molar-refractivity contribution in [3.63, 3.8) is 0 Å². The van der Waals surface area contributed by atoms with Gasteiger partial charge in [0.25, 0.3) is 0 Å². The van der Waals surface area contributed by atoms with Crippen molar-refractivity contribution < 1.29 is 28.8 Å². The predicted octanol–water partition coefficient (Wildman–Crippen LogP) is 28.1. The van der Waals surface area contributed by atoms with Gasteiger partial charge in [-0.1, -0.05) is 255 Å². The van der Waals surface area contributed by atoms with Gasteiger partial charge < -0.3 is 38.9 Å². The fourth-order valence-corrected chi connectivity index (χ4v) is 18.0. The summed E-state index contributed by atoms with van der Waals surface area (Å²) < 4.78 is 37.9. The van der Waals surface area contributed by atoms with Gasteiger partial charge in [-0.15, -0.1) is 11.3 Å². The maximum absolute atomic E-state index is 12.1. The molecule has 16 heteroatoms.